The summed E-state index contributed by atoms with van der Waals surface area (Å²) in [6, 6.07) is 7.27. The van der Waals surface area contributed by atoms with Crippen LogP contribution in [0.1, 0.15) is 117 Å². The number of carbonyl (C=O) groups excluding carboxylic acids is 6. The zero-order valence-corrected chi connectivity index (χ0v) is 31.8. The van der Waals surface area contributed by atoms with Crippen LogP contribution in [0.4, 0.5) is 0 Å². The number of hydrogen-bond donors (Lipinski definition) is 5. The predicted octanol–water partition coefficient (Wildman–Crippen LogP) is 4.07. The third kappa shape index (κ3) is 13.8. The van der Waals surface area contributed by atoms with Crippen molar-refractivity contribution < 1.29 is 28.8 Å². The number of Topliss-reactive ketones (excluding diaryl/α,β-unsaturated/α-hetero) is 1. The van der Waals surface area contributed by atoms with Crippen molar-refractivity contribution >= 4 is 35.3 Å². The summed E-state index contributed by atoms with van der Waals surface area (Å²) < 4.78 is 0. The van der Waals surface area contributed by atoms with Gasteiger partial charge in [0.1, 0.15) is 12.1 Å². The van der Waals surface area contributed by atoms with E-state index in [0.717, 1.165) is 12.0 Å². The third-order valence-electron chi connectivity index (χ3n) is 9.42. The van der Waals surface area contributed by atoms with E-state index < -0.39 is 24.0 Å². The van der Waals surface area contributed by atoms with E-state index in [9.17, 15) is 28.8 Å². The summed E-state index contributed by atoms with van der Waals surface area (Å²) in [5.74, 6) is -2.24. The van der Waals surface area contributed by atoms with Crippen LogP contribution in [0.2, 0.25) is 0 Å². The number of hydrogen-bond acceptors (Lipinski definition) is 7. The Morgan fingerprint density at radius 2 is 1.53 bits per heavy atom. The maximum absolute atomic E-state index is 14.1. The van der Waals surface area contributed by atoms with Gasteiger partial charge >= 0.3 is 0 Å². The van der Waals surface area contributed by atoms with E-state index in [0.29, 0.717) is 63.6 Å². The van der Waals surface area contributed by atoms with Crippen LogP contribution in [-0.4, -0.2) is 78.5 Å². The lowest BCUT2D eigenvalue weighted by Crippen LogP contribution is -2.58. The molecule has 5 atom stereocenters. The first-order chi connectivity index (χ1) is 24.4. The van der Waals surface area contributed by atoms with E-state index in [2.05, 4.69) is 26.6 Å². The number of likely N-dealkylation sites (tertiary alicyclic amines) is 1. The van der Waals surface area contributed by atoms with Crippen molar-refractivity contribution in [3.05, 3.63) is 47.7 Å². The molecular weight excluding hydrogens is 648 g/mol. The van der Waals surface area contributed by atoms with Crippen molar-refractivity contribution in [1.82, 2.24) is 31.5 Å². The highest BCUT2D eigenvalue weighted by Crippen LogP contribution is 2.29. The summed E-state index contributed by atoms with van der Waals surface area (Å²) in [5.41, 5.74) is 1.51. The first kappa shape index (κ1) is 42.9. The lowest BCUT2D eigenvalue weighted by molar-refractivity contribution is -0.143. The smallest absolute Gasteiger partial charge is 0.246 e. The van der Waals surface area contributed by atoms with Gasteiger partial charge in [-0.05, 0) is 56.4 Å². The molecule has 0 radical (unpaired) electrons. The lowest BCUT2D eigenvalue weighted by Gasteiger charge is -2.33. The molecule has 1 fully saturated rings. The second-order valence-electron chi connectivity index (χ2n) is 13.8. The van der Waals surface area contributed by atoms with Gasteiger partial charge in [0.2, 0.25) is 35.3 Å². The van der Waals surface area contributed by atoms with Gasteiger partial charge in [0.05, 0.1) is 18.3 Å². The van der Waals surface area contributed by atoms with Crippen LogP contribution >= 0.6 is 0 Å². The Kier molecular flexibility index (Phi) is 19.0. The van der Waals surface area contributed by atoms with Crippen molar-refractivity contribution in [3.8, 4) is 0 Å². The molecule has 12 nitrogen and oxygen atoms in total. The van der Waals surface area contributed by atoms with Crippen LogP contribution in [0.3, 0.4) is 0 Å². The number of amides is 5. The molecule has 5 amide bonds. The Morgan fingerprint density at radius 3 is 2.12 bits per heavy atom. The number of allylic oxidation sites excluding steroid dienone is 1. The molecule has 5 N–H and O–H groups in total. The van der Waals surface area contributed by atoms with E-state index in [-0.39, 0.29) is 60.3 Å². The summed E-state index contributed by atoms with van der Waals surface area (Å²) in [6.45, 7) is 11.7. The van der Waals surface area contributed by atoms with Crippen LogP contribution in [0.15, 0.2) is 42.1 Å². The van der Waals surface area contributed by atoms with Crippen molar-refractivity contribution in [3.63, 3.8) is 0 Å². The number of rotatable bonds is 22. The van der Waals surface area contributed by atoms with Gasteiger partial charge < -0.3 is 31.5 Å². The summed E-state index contributed by atoms with van der Waals surface area (Å²) in [4.78, 5) is 80.3. The van der Waals surface area contributed by atoms with Crippen LogP contribution in [0, 0.1) is 11.8 Å². The molecule has 0 aromatic heterocycles. The first-order valence-corrected chi connectivity index (χ1v) is 18.8. The maximum Gasteiger partial charge on any atom is 0.246 e. The number of nitrogens with one attached hydrogen (secondary N) is 5. The van der Waals surface area contributed by atoms with Gasteiger partial charge in [-0.3, -0.25) is 28.8 Å². The van der Waals surface area contributed by atoms with Crippen LogP contribution < -0.4 is 26.6 Å². The Balaban J connectivity index is 2.15. The highest BCUT2D eigenvalue weighted by Gasteiger charge is 2.44. The highest BCUT2D eigenvalue weighted by atomic mass is 16.2. The maximum atomic E-state index is 14.1. The van der Waals surface area contributed by atoms with E-state index >= 15 is 0 Å². The fraction of sp³-hybridized carbons (Fsp3) is 0.641. The molecule has 0 spiro atoms. The molecule has 284 valence electrons. The van der Waals surface area contributed by atoms with Gasteiger partial charge in [-0.15, -0.1) is 0 Å². The molecule has 0 bridgehead atoms. The molecule has 1 aliphatic heterocycles. The Morgan fingerprint density at radius 1 is 0.863 bits per heavy atom. The molecule has 51 heavy (non-hydrogen) atoms. The molecular formula is C39H62N6O6. The molecule has 12 heteroatoms. The summed E-state index contributed by atoms with van der Waals surface area (Å²) in [7, 11) is 1.56. The normalized spacial score (nSPS) is 17.6. The second kappa shape index (κ2) is 22.6. The number of nitrogens with zero attached hydrogens (tertiary/aromatic N) is 1. The number of carbonyl (C=O) groups is 6. The third-order valence-corrected chi connectivity index (χ3v) is 9.42. The minimum Gasteiger partial charge on any atom is -0.376 e. The highest BCUT2D eigenvalue weighted by molar-refractivity contribution is 6.02. The summed E-state index contributed by atoms with van der Waals surface area (Å²) in [5, 5.41) is 14.3. The number of ketones is 1. The molecule has 2 rings (SSSR count). The zero-order chi connectivity index (χ0) is 37.9. The Hall–Kier alpha value is -4.22. The second-order valence-corrected chi connectivity index (χ2v) is 13.8. The van der Waals surface area contributed by atoms with Crippen LogP contribution in [0.5, 0.6) is 0 Å². The van der Waals surface area contributed by atoms with E-state index in [1.807, 2.05) is 78.0 Å². The van der Waals surface area contributed by atoms with Crippen molar-refractivity contribution in [2.45, 2.75) is 130 Å². The fourth-order valence-electron chi connectivity index (χ4n) is 6.35. The van der Waals surface area contributed by atoms with E-state index in [4.69, 9.17) is 0 Å². The molecule has 4 unspecified atom stereocenters. The minimum absolute atomic E-state index is 0.0911. The summed E-state index contributed by atoms with van der Waals surface area (Å²) in [6.07, 6.45) is 7.45. The van der Waals surface area contributed by atoms with Gasteiger partial charge in [0.15, 0.2) is 0 Å². The van der Waals surface area contributed by atoms with Gasteiger partial charge in [-0.1, -0.05) is 90.3 Å². The monoisotopic (exact) mass is 710 g/mol. The van der Waals surface area contributed by atoms with Crippen molar-refractivity contribution in [2.24, 2.45) is 11.8 Å². The lowest BCUT2D eigenvalue weighted by atomic mass is 9.94. The zero-order valence-electron chi connectivity index (χ0n) is 31.8. The number of unbranched alkanes of at least 4 members (excludes halogenated alkanes) is 2. The largest absolute Gasteiger partial charge is 0.376 e. The molecule has 1 heterocycles. The molecule has 0 saturated carbocycles. The molecule has 1 aromatic carbocycles. The van der Waals surface area contributed by atoms with Gasteiger partial charge in [0.25, 0.3) is 0 Å². The first-order valence-electron chi connectivity index (χ1n) is 18.8. The molecule has 1 aliphatic rings. The Bertz CT molecular complexity index is 1330. The minimum atomic E-state index is -0.909. The SMILES string of the molecule is CCCC=C(NC(C)c1ccccc1)C(=O)C(CCC)NC(=O)C1[C@@H](CC)CCN1C(=O)C(NC(=O)CNC(=O)CCCCC(=O)NC)C(C)C. The van der Waals surface area contributed by atoms with Crippen molar-refractivity contribution in [2.75, 3.05) is 20.1 Å². The fourth-order valence-corrected chi connectivity index (χ4v) is 6.35. The van der Waals surface area contributed by atoms with Gasteiger partial charge in [0, 0.05) is 32.5 Å². The van der Waals surface area contributed by atoms with Crippen LogP contribution in [0.25, 0.3) is 0 Å². The van der Waals surface area contributed by atoms with E-state index in [1.165, 1.54) is 0 Å². The average Bonchev–Trinajstić information content (AvgIpc) is 3.57. The Labute approximate surface area is 304 Å². The van der Waals surface area contributed by atoms with Crippen molar-refractivity contribution in [1.29, 1.82) is 0 Å². The van der Waals surface area contributed by atoms with Crippen LogP contribution in [-0.2, 0) is 28.8 Å². The molecule has 1 aromatic rings. The molecule has 1 saturated heterocycles. The number of benzene rings is 1. The quantitative estimate of drug-likeness (QED) is 0.0894. The summed E-state index contributed by atoms with van der Waals surface area (Å²) >= 11 is 0. The van der Waals surface area contributed by atoms with Gasteiger partial charge in [-0.2, -0.15) is 0 Å². The predicted molar refractivity (Wildman–Crippen MR) is 199 cm³/mol. The van der Waals surface area contributed by atoms with Gasteiger partial charge in [-0.25, -0.2) is 0 Å². The standard InChI is InChI=1S/C39H62N6O6/c1-8-11-20-31(42-27(6)29-18-13-12-14-19-29)37(49)30(17-9-2)43-38(50)36-28(10-3)23-24-45(36)39(51)35(26(4)5)44-34(48)25-41-33(47)22-16-15-21-32(46)40-7/h12-14,18-20,26-28,30,35-36,42H,8-11,15-17,21-25H2,1-7H3,(H,40,46)(H,41,47)(H,43,50)(H,44,48)/t27?,28-,30?,35?,36?/m0/s1. The topological polar surface area (TPSA) is 166 Å². The van der Waals surface area contributed by atoms with E-state index in [1.54, 1.807) is 11.9 Å². The average molecular weight is 711 g/mol. The molecule has 0 aliphatic carbocycles.